The minimum absolute atomic E-state index is 0.696. The van der Waals surface area contributed by atoms with Gasteiger partial charge in [0, 0.05) is 18.5 Å². The number of anilines is 1. The van der Waals surface area contributed by atoms with Gasteiger partial charge in [0.15, 0.2) is 5.13 Å². The number of aryl methyl sites for hydroxylation is 1. The van der Waals surface area contributed by atoms with E-state index >= 15 is 0 Å². The number of nitrogens with one attached hydrogen (secondary N) is 1. The summed E-state index contributed by atoms with van der Waals surface area (Å²) < 4.78 is 0. The highest BCUT2D eigenvalue weighted by Gasteiger charge is 2.14. The van der Waals surface area contributed by atoms with Crippen molar-refractivity contribution in [2.24, 2.45) is 5.92 Å². The van der Waals surface area contributed by atoms with E-state index in [9.17, 15) is 0 Å². The largest absolute Gasteiger partial charge is 0.361 e. The van der Waals surface area contributed by atoms with Crippen molar-refractivity contribution < 1.29 is 0 Å². The highest BCUT2D eigenvalue weighted by atomic mass is 32.1. The molecule has 0 aliphatic carbocycles. The fraction of sp³-hybridized carbons (Fsp3) is 0.769. The minimum Gasteiger partial charge on any atom is -0.361 e. The van der Waals surface area contributed by atoms with Crippen LogP contribution < -0.4 is 5.32 Å². The maximum absolute atomic E-state index is 4.53. The number of hydrogen-bond donors (Lipinski definition) is 1. The molecule has 1 aliphatic rings. The first kappa shape index (κ1) is 12.8. The average molecular weight is 253 g/mol. The number of likely N-dealkylation sites (tertiary alicyclic amines) is 1. The van der Waals surface area contributed by atoms with Crippen molar-refractivity contribution in [1.29, 1.82) is 0 Å². The standard InChI is InChI=1S/C13H23N3S/c1-3-12-10-17-13(15-12)14-8-11(2)9-16-6-4-5-7-16/h10-11H,3-9H2,1-2H3,(H,14,15). The monoisotopic (exact) mass is 253 g/mol. The fourth-order valence-corrected chi connectivity index (χ4v) is 3.09. The van der Waals surface area contributed by atoms with Crippen molar-refractivity contribution in [3.05, 3.63) is 11.1 Å². The molecule has 96 valence electrons. The summed E-state index contributed by atoms with van der Waals surface area (Å²) in [5.74, 6) is 0.696. The first-order valence-electron chi connectivity index (χ1n) is 6.68. The molecule has 1 N–H and O–H groups in total. The molecule has 4 heteroatoms. The predicted octanol–water partition coefficient (Wildman–Crippen LogP) is 2.85. The molecule has 1 saturated heterocycles. The summed E-state index contributed by atoms with van der Waals surface area (Å²) in [4.78, 5) is 7.10. The molecule has 2 rings (SSSR count). The molecule has 17 heavy (non-hydrogen) atoms. The fourth-order valence-electron chi connectivity index (χ4n) is 2.28. The van der Waals surface area contributed by atoms with Crippen LogP contribution in [0.1, 0.15) is 32.4 Å². The van der Waals surface area contributed by atoms with Crippen LogP contribution in [0.5, 0.6) is 0 Å². The normalized spacial score (nSPS) is 18.5. The van der Waals surface area contributed by atoms with E-state index in [1.807, 2.05) is 0 Å². The van der Waals surface area contributed by atoms with Crippen molar-refractivity contribution >= 4 is 16.5 Å². The van der Waals surface area contributed by atoms with Crippen molar-refractivity contribution in [1.82, 2.24) is 9.88 Å². The Hall–Kier alpha value is -0.610. The topological polar surface area (TPSA) is 28.2 Å². The second kappa shape index (κ2) is 6.36. The molecule has 0 spiro atoms. The van der Waals surface area contributed by atoms with Gasteiger partial charge in [0.25, 0.3) is 0 Å². The Labute approximate surface area is 108 Å². The lowest BCUT2D eigenvalue weighted by Gasteiger charge is -2.20. The Bertz CT molecular complexity index is 331. The molecular formula is C13H23N3S. The van der Waals surface area contributed by atoms with Crippen molar-refractivity contribution in [2.45, 2.75) is 33.1 Å². The molecule has 0 bridgehead atoms. The molecule has 0 saturated carbocycles. The third-order valence-corrected chi connectivity index (χ3v) is 4.13. The average Bonchev–Trinajstić information content (AvgIpc) is 2.96. The second-order valence-corrected chi connectivity index (χ2v) is 5.85. The summed E-state index contributed by atoms with van der Waals surface area (Å²) in [5.41, 5.74) is 1.20. The molecule has 3 nitrogen and oxygen atoms in total. The highest BCUT2D eigenvalue weighted by molar-refractivity contribution is 7.13. The predicted molar refractivity (Wildman–Crippen MR) is 74.8 cm³/mol. The molecule has 1 aliphatic heterocycles. The third-order valence-electron chi connectivity index (χ3n) is 3.28. The zero-order valence-corrected chi connectivity index (χ0v) is 11.7. The summed E-state index contributed by atoms with van der Waals surface area (Å²) >= 11 is 1.72. The SMILES string of the molecule is CCc1csc(NCC(C)CN2CCCC2)n1. The van der Waals surface area contributed by atoms with Crippen molar-refractivity contribution in [3.63, 3.8) is 0 Å². The Morgan fingerprint density at radius 3 is 2.88 bits per heavy atom. The van der Waals surface area contributed by atoms with Gasteiger partial charge >= 0.3 is 0 Å². The van der Waals surface area contributed by atoms with Crippen molar-refractivity contribution in [2.75, 3.05) is 31.5 Å². The Morgan fingerprint density at radius 2 is 2.24 bits per heavy atom. The molecule has 1 aromatic rings. The van der Waals surface area contributed by atoms with Crippen LogP contribution in [0.3, 0.4) is 0 Å². The van der Waals surface area contributed by atoms with Crippen LogP contribution in [0.4, 0.5) is 5.13 Å². The van der Waals surface area contributed by atoms with E-state index < -0.39 is 0 Å². The van der Waals surface area contributed by atoms with Gasteiger partial charge in [-0.15, -0.1) is 11.3 Å². The lowest BCUT2D eigenvalue weighted by atomic mass is 10.2. The Morgan fingerprint density at radius 1 is 1.47 bits per heavy atom. The number of thiazole rings is 1. The molecule has 2 heterocycles. The zero-order valence-electron chi connectivity index (χ0n) is 10.9. The van der Waals surface area contributed by atoms with Gasteiger partial charge in [-0.05, 0) is 38.3 Å². The quantitative estimate of drug-likeness (QED) is 0.845. The number of nitrogens with zero attached hydrogens (tertiary/aromatic N) is 2. The molecule has 0 aromatic carbocycles. The number of hydrogen-bond acceptors (Lipinski definition) is 4. The minimum atomic E-state index is 0.696. The van der Waals surface area contributed by atoms with Crippen LogP contribution in [0.2, 0.25) is 0 Å². The maximum Gasteiger partial charge on any atom is 0.182 e. The van der Waals surface area contributed by atoms with E-state index in [4.69, 9.17) is 0 Å². The molecule has 1 fully saturated rings. The Balaban J connectivity index is 1.69. The van der Waals surface area contributed by atoms with Crippen LogP contribution in [-0.2, 0) is 6.42 Å². The van der Waals surface area contributed by atoms with Gasteiger partial charge in [0.2, 0.25) is 0 Å². The molecule has 1 unspecified atom stereocenters. The van der Waals surface area contributed by atoms with Crippen LogP contribution in [-0.4, -0.2) is 36.1 Å². The zero-order chi connectivity index (χ0) is 12.1. The number of rotatable bonds is 6. The van der Waals surface area contributed by atoms with E-state index in [1.54, 1.807) is 11.3 Å². The molecular weight excluding hydrogens is 230 g/mol. The van der Waals surface area contributed by atoms with Gasteiger partial charge in [0.1, 0.15) is 0 Å². The van der Waals surface area contributed by atoms with Gasteiger partial charge in [-0.2, -0.15) is 0 Å². The lowest BCUT2D eigenvalue weighted by Crippen LogP contribution is -2.28. The van der Waals surface area contributed by atoms with Gasteiger partial charge in [0.05, 0.1) is 5.69 Å². The van der Waals surface area contributed by atoms with Gasteiger partial charge in [-0.25, -0.2) is 4.98 Å². The summed E-state index contributed by atoms with van der Waals surface area (Å²) in [5, 5.41) is 6.68. The van der Waals surface area contributed by atoms with Gasteiger partial charge in [-0.3, -0.25) is 0 Å². The van der Waals surface area contributed by atoms with Crippen molar-refractivity contribution in [3.8, 4) is 0 Å². The van der Waals surface area contributed by atoms with E-state index in [1.165, 1.54) is 38.2 Å². The molecule has 1 aromatic heterocycles. The highest BCUT2D eigenvalue weighted by Crippen LogP contribution is 2.16. The van der Waals surface area contributed by atoms with Gasteiger partial charge in [-0.1, -0.05) is 13.8 Å². The maximum atomic E-state index is 4.53. The number of aromatic nitrogens is 1. The van der Waals surface area contributed by atoms with E-state index in [2.05, 4.69) is 34.4 Å². The van der Waals surface area contributed by atoms with E-state index in [0.717, 1.165) is 18.1 Å². The van der Waals surface area contributed by atoms with E-state index in [-0.39, 0.29) is 0 Å². The molecule has 0 radical (unpaired) electrons. The summed E-state index contributed by atoms with van der Waals surface area (Å²) in [6.07, 6.45) is 3.79. The van der Waals surface area contributed by atoms with Crippen LogP contribution in [0.25, 0.3) is 0 Å². The molecule has 0 amide bonds. The van der Waals surface area contributed by atoms with Gasteiger partial charge < -0.3 is 10.2 Å². The first-order chi connectivity index (χ1) is 8.28. The first-order valence-corrected chi connectivity index (χ1v) is 7.56. The van der Waals surface area contributed by atoms with Crippen LogP contribution in [0, 0.1) is 5.92 Å². The van der Waals surface area contributed by atoms with Crippen LogP contribution >= 0.6 is 11.3 Å². The lowest BCUT2D eigenvalue weighted by molar-refractivity contribution is 0.294. The van der Waals surface area contributed by atoms with E-state index in [0.29, 0.717) is 5.92 Å². The van der Waals surface area contributed by atoms with Crippen LogP contribution in [0.15, 0.2) is 5.38 Å². The smallest absolute Gasteiger partial charge is 0.182 e. The second-order valence-electron chi connectivity index (χ2n) is 4.99. The molecule has 1 atom stereocenters. The third kappa shape index (κ3) is 3.96. The Kier molecular flexibility index (Phi) is 4.80. The summed E-state index contributed by atoms with van der Waals surface area (Å²) in [6.45, 7) is 9.31. The summed E-state index contributed by atoms with van der Waals surface area (Å²) in [6, 6.07) is 0. The summed E-state index contributed by atoms with van der Waals surface area (Å²) in [7, 11) is 0.